The number of ether oxygens (including phenoxy) is 1. The molecule has 0 spiro atoms. The maximum atomic E-state index is 10.6. The van der Waals surface area contributed by atoms with Crippen LogP contribution in [0.1, 0.15) is 26.2 Å². The van der Waals surface area contributed by atoms with Gasteiger partial charge in [-0.2, -0.15) is 0 Å². The van der Waals surface area contributed by atoms with Crippen molar-refractivity contribution in [2.75, 3.05) is 13.7 Å². The Bertz CT molecular complexity index is 306. The van der Waals surface area contributed by atoms with Gasteiger partial charge in [0.05, 0.1) is 7.11 Å². The van der Waals surface area contributed by atoms with Gasteiger partial charge >= 0.3 is 12.1 Å². The number of amidine groups is 1. The van der Waals surface area contributed by atoms with Crippen molar-refractivity contribution >= 4 is 18.0 Å². The molecule has 0 aromatic heterocycles. The number of unbranched alkanes of at least 4 members (excludes halogenated alkanes) is 1. The summed E-state index contributed by atoms with van der Waals surface area (Å²) >= 11 is 0. The fraction of sp³-hybridized carbons (Fsp3) is 0.700. The molecule has 0 aromatic rings. The Balaban J connectivity index is 3.62. The summed E-state index contributed by atoms with van der Waals surface area (Å²) in [5.41, 5.74) is 7.64. The minimum Gasteiger partial charge on any atom is -0.480 e. The first kappa shape index (κ1) is 16.2. The van der Waals surface area contributed by atoms with Gasteiger partial charge in [0.1, 0.15) is 11.9 Å². The van der Waals surface area contributed by atoms with Gasteiger partial charge in [-0.25, -0.2) is 10.3 Å². The molecular weight excluding hydrogens is 242 g/mol. The number of nitrogens with one attached hydrogen (secondary N) is 1. The van der Waals surface area contributed by atoms with Crippen LogP contribution in [-0.2, 0) is 14.4 Å². The van der Waals surface area contributed by atoms with Crippen molar-refractivity contribution in [1.29, 1.82) is 0 Å². The molecule has 18 heavy (non-hydrogen) atoms. The Morgan fingerprint density at radius 2 is 2.11 bits per heavy atom. The number of hydrogen-bond acceptors (Lipinski definition) is 6. The van der Waals surface area contributed by atoms with Crippen molar-refractivity contribution in [3.8, 4) is 0 Å². The van der Waals surface area contributed by atoms with Crippen molar-refractivity contribution in [2.45, 2.75) is 32.2 Å². The zero-order valence-electron chi connectivity index (χ0n) is 10.5. The van der Waals surface area contributed by atoms with Crippen LogP contribution >= 0.6 is 0 Å². The molecule has 0 aliphatic heterocycles. The Morgan fingerprint density at radius 1 is 1.44 bits per heavy atom. The number of carboxylic acids is 1. The fourth-order valence-electron chi connectivity index (χ4n) is 1.04. The SMILES string of the molecule is COC(=O)ONC(C)=NCCCC[C@H](N)C(=O)O. The van der Waals surface area contributed by atoms with Crippen LogP contribution < -0.4 is 11.2 Å². The predicted octanol–water partition coefficient (Wildman–Crippen LogP) is 0.275. The van der Waals surface area contributed by atoms with E-state index in [1.807, 2.05) is 0 Å². The van der Waals surface area contributed by atoms with E-state index in [0.717, 1.165) is 0 Å². The van der Waals surface area contributed by atoms with Crippen LogP contribution in [0.4, 0.5) is 4.79 Å². The summed E-state index contributed by atoms with van der Waals surface area (Å²) in [6, 6.07) is -0.823. The summed E-state index contributed by atoms with van der Waals surface area (Å²) < 4.78 is 4.24. The number of carboxylic acid groups (broad SMARTS) is 1. The average molecular weight is 261 g/mol. The zero-order valence-corrected chi connectivity index (χ0v) is 10.5. The summed E-state index contributed by atoms with van der Waals surface area (Å²) in [6.45, 7) is 2.13. The molecule has 0 aromatic carbocycles. The summed E-state index contributed by atoms with van der Waals surface area (Å²) in [5, 5.41) is 8.55. The summed E-state index contributed by atoms with van der Waals surface area (Å²) in [4.78, 5) is 29.5. The van der Waals surface area contributed by atoms with Crippen LogP contribution in [0.3, 0.4) is 0 Å². The molecule has 0 bridgehead atoms. The van der Waals surface area contributed by atoms with E-state index >= 15 is 0 Å². The molecule has 0 saturated carbocycles. The summed E-state index contributed by atoms with van der Waals surface area (Å²) in [7, 11) is 1.20. The van der Waals surface area contributed by atoms with E-state index in [1.54, 1.807) is 6.92 Å². The number of hydroxylamine groups is 1. The Labute approximate surface area is 105 Å². The van der Waals surface area contributed by atoms with Crippen LogP contribution in [0.5, 0.6) is 0 Å². The van der Waals surface area contributed by atoms with Gasteiger partial charge in [-0.15, -0.1) is 0 Å². The number of aliphatic imine (C=N–C) groups is 1. The number of nitrogens with two attached hydrogens (primary N) is 1. The first-order chi connectivity index (χ1) is 8.47. The third-order valence-corrected chi connectivity index (χ3v) is 2.04. The molecule has 0 unspecified atom stereocenters. The maximum Gasteiger partial charge on any atom is 0.532 e. The second-order valence-electron chi connectivity index (χ2n) is 3.57. The monoisotopic (exact) mass is 261 g/mol. The second kappa shape index (κ2) is 9.23. The number of nitrogens with zero attached hydrogens (tertiary/aromatic N) is 1. The molecule has 104 valence electrons. The lowest BCUT2D eigenvalue weighted by atomic mass is 10.1. The van der Waals surface area contributed by atoms with Crippen LogP contribution in [0.15, 0.2) is 4.99 Å². The molecule has 0 amide bonds. The molecule has 4 N–H and O–H groups in total. The van der Waals surface area contributed by atoms with E-state index < -0.39 is 18.2 Å². The van der Waals surface area contributed by atoms with Gasteiger partial charge < -0.3 is 20.4 Å². The quantitative estimate of drug-likeness (QED) is 0.206. The van der Waals surface area contributed by atoms with E-state index in [4.69, 9.17) is 10.8 Å². The number of hydrogen-bond donors (Lipinski definition) is 3. The predicted molar refractivity (Wildman–Crippen MR) is 64.1 cm³/mol. The first-order valence-corrected chi connectivity index (χ1v) is 5.47. The molecule has 0 fully saturated rings. The number of carbonyl (C=O) groups is 2. The number of aliphatic carboxylic acids is 1. The highest BCUT2D eigenvalue weighted by atomic mass is 16.8. The highest BCUT2D eigenvalue weighted by Crippen LogP contribution is 1.99. The minimum absolute atomic E-state index is 0.413. The molecule has 0 saturated heterocycles. The van der Waals surface area contributed by atoms with E-state index in [9.17, 15) is 9.59 Å². The molecule has 0 aliphatic carbocycles. The van der Waals surface area contributed by atoms with E-state index in [0.29, 0.717) is 31.6 Å². The van der Waals surface area contributed by atoms with E-state index in [2.05, 4.69) is 20.0 Å². The van der Waals surface area contributed by atoms with Gasteiger partial charge in [0, 0.05) is 6.54 Å². The molecule has 0 radical (unpaired) electrons. The van der Waals surface area contributed by atoms with E-state index in [1.165, 1.54) is 7.11 Å². The van der Waals surface area contributed by atoms with Gasteiger partial charge in [-0.05, 0) is 26.2 Å². The van der Waals surface area contributed by atoms with Crippen LogP contribution in [-0.4, -0.2) is 42.8 Å². The highest BCUT2D eigenvalue weighted by Gasteiger charge is 2.09. The largest absolute Gasteiger partial charge is 0.532 e. The Morgan fingerprint density at radius 3 is 2.67 bits per heavy atom. The van der Waals surface area contributed by atoms with Crippen molar-refractivity contribution in [1.82, 2.24) is 5.48 Å². The normalized spacial score (nSPS) is 12.7. The van der Waals surface area contributed by atoms with Gasteiger partial charge in [0.2, 0.25) is 0 Å². The molecule has 0 rings (SSSR count). The molecule has 0 aliphatic rings. The van der Waals surface area contributed by atoms with Gasteiger partial charge in [0.15, 0.2) is 0 Å². The third kappa shape index (κ3) is 8.34. The van der Waals surface area contributed by atoms with Crippen molar-refractivity contribution in [3.05, 3.63) is 0 Å². The smallest absolute Gasteiger partial charge is 0.480 e. The van der Waals surface area contributed by atoms with Crippen molar-refractivity contribution in [2.24, 2.45) is 10.7 Å². The number of rotatable bonds is 6. The zero-order chi connectivity index (χ0) is 14.0. The maximum absolute atomic E-state index is 10.6. The average Bonchev–Trinajstić information content (AvgIpc) is 2.34. The van der Waals surface area contributed by atoms with Crippen LogP contribution in [0.25, 0.3) is 0 Å². The minimum atomic E-state index is -0.997. The number of methoxy groups -OCH3 is 1. The summed E-state index contributed by atoms with van der Waals surface area (Å²) in [6.07, 6.45) is 0.938. The van der Waals surface area contributed by atoms with Gasteiger partial charge in [-0.1, -0.05) is 0 Å². The van der Waals surface area contributed by atoms with Gasteiger partial charge in [-0.3, -0.25) is 9.79 Å². The lowest BCUT2D eigenvalue weighted by Crippen LogP contribution is -2.29. The molecule has 0 heterocycles. The van der Waals surface area contributed by atoms with Gasteiger partial charge in [0.25, 0.3) is 0 Å². The molecular formula is C10H19N3O5. The Hall–Kier alpha value is -1.83. The van der Waals surface area contributed by atoms with Crippen LogP contribution in [0.2, 0.25) is 0 Å². The lowest BCUT2D eigenvalue weighted by molar-refractivity contribution is -0.138. The fourth-order valence-corrected chi connectivity index (χ4v) is 1.04. The first-order valence-electron chi connectivity index (χ1n) is 5.47. The summed E-state index contributed by atoms with van der Waals surface area (Å²) in [5.74, 6) is -0.564. The lowest BCUT2D eigenvalue weighted by Gasteiger charge is -2.06. The highest BCUT2D eigenvalue weighted by molar-refractivity contribution is 5.79. The van der Waals surface area contributed by atoms with Crippen LogP contribution in [0, 0.1) is 0 Å². The van der Waals surface area contributed by atoms with Crippen molar-refractivity contribution in [3.63, 3.8) is 0 Å². The van der Waals surface area contributed by atoms with E-state index in [-0.39, 0.29) is 0 Å². The molecule has 8 nitrogen and oxygen atoms in total. The third-order valence-electron chi connectivity index (χ3n) is 2.04. The molecule has 8 heteroatoms. The second-order valence-corrected chi connectivity index (χ2v) is 3.57. The number of carbonyl (C=O) groups excluding carboxylic acids is 1. The topological polar surface area (TPSA) is 123 Å². The van der Waals surface area contributed by atoms with Crippen molar-refractivity contribution < 1.29 is 24.3 Å². The standard InChI is InChI=1S/C10H19N3O5/c1-7(13-18-10(16)17-2)12-6-4-3-5-8(11)9(14)15/h8H,3-6,11H2,1-2H3,(H,12,13)(H,14,15)/t8-/m0/s1. The Kier molecular flexibility index (Phi) is 8.29. The molecule has 1 atom stereocenters.